The van der Waals surface area contributed by atoms with Crippen molar-refractivity contribution >= 4 is 11.3 Å². The SMILES string of the molecule is Cc1cc2ncc(CNc3ccc(F)cc3F)cn2n1. The number of nitrogens with one attached hydrogen (secondary N) is 1. The summed E-state index contributed by atoms with van der Waals surface area (Å²) in [5.74, 6) is -1.21. The predicted octanol–water partition coefficient (Wildman–Crippen LogP) is 2.93. The van der Waals surface area contributed by atoms with Crippen LogP contribution in [0.5, 0.6) is 0 Å². The summed E-state index contributed by atoms with van der Waals surface area (Å²) in [6, 6.07) is 5.30. The van der Waals surface area contributed by atoms with Crippen molar-refractivity contribution in [1.82, 2.24) is 14.6 Å². The minimum absolute atomic E-state index is 0.253. The molecule has 4 nitrogen and oxygen atoms in total. The Morgan fingerprint density at radius 2 is 2.10 bits per heavy atom. The van der Waals surface area contributed by atoms with Crippen LogP contribution in [0.15, 0.2) is 36.7 Å². The standard InChI is InChI=1S/C14H12F2N4/c1-9-4-14-18-7-10(8-20(14)19-9)6-17-13-3-2-11(15)5-12(13)16/h2-5,7-8,17H,6H2,1H3. The van der Waals surface area contributed by atoms with E-state index in [0.29, 0.717) is 6.54 Å². The minimum Gasteiger partial charge on any atom is -0.378 e. The average Bonchev–Trinajstić information content (AvgIpc) is 2.77. The van der Waals surface area contributed by atoms with E-state index in [1.165, 1.54) is 12.1 Å². The van der Waals surface area contributed by atoms with Crippen LogP contribution in [0.2, 0.25) is 0 Å². The van der Waals surface area contributed by atoms with Gasteiger partial charge in [-0.15, -0.1) is 0 Å². The highest BCUT2D eigenvalue weighted by atomic mass is 19.1. The molecule has 0 aliphatic rings. The molecule has 0 amide bonds. The number of hydrogen-bond donors (Lipinski definition) is 1. The van der Waals surface area contributed by atoms with Gasteiger partial charge in [-0.25, -0.2) is 18.3 Å². The summed E-state index contributed by atoms with van der Waals surface area (Å²) in [5.41, 5.74) is 2.75. The van der Waals surface area contributed by atoms with Crippen LogP contribution in [0.25, 0.3) is 5.65 Å². The fourth-order valence-electron chi connectivity index (χ4n) is 1.96. The Morgan fingerprint density at radius 1 is 1.25 bits per heavy atom. The third-order valence-electron chi connectivity index (χ3n) is 2.90. The molecule has 20 heavy (non-hydrogen) atoms. The molecule has 2 heterocycles. The van der Waals surface area contributed by atoms with Crippen LogP contribution in [0.4, 0.5) is 14.5 Å². The molecule has 102 valence electrons. The zero-order chi connectivity index (χ0) is 14.1. The molecule has 0 saturated carbocycles. The molecule has 0 aliphatic carbocycles. The lowest BCUT2D eigenvalue weighted by molar-refractivity contribution is 0.585. The lowest BCUT2D eigenvalue weighted by Gasteiger charge is -2.07. The molecule has 0 radical (unpaired) electrons. The van der Waals surface area contributed by atoms with Crippen LogP contribution in [-0.2, 0) is 6.54 Å². The normalized spacial score (nSPS) is 10.9. The van der Waals surface area contributed by atoms with Crippen molar-refractivity contribution < 1.29 is 8.78 Å². The van der Waals surface area contributed by atoms with Crippen LogP contribution in [0, 0.1) is 18.6 Å². The van der Waals surface area contributed by atoms with E-state index >= 15 is 0 Å². The monoisotopic (exact) mass is 274 g/mol. The van der Waals surface area contributed by atoms with Gasteiger partial charge in [-0.1, -0.05) is 0 Å². The first kappa shape index (κ1) is 12.5. The quantitative estimate of drug-likeness (QED) is 0.798. The molecule has 0 atom stereocenters. The second-order valence-electron chi connectivity index (χ2n) is 4.53. The van der Waals surface area contributed by atoms with Crippen molar-refractivity contribution in [2.45, 2.75) is 13.5 Å². The number of benzene rings is 1. The molecule has 0 bridgehead atoms. The van der Waals surface area contributed by atoms with E-state index in [2.05, 4.69) is 15.4 Å². The summed E-state index contributed by atoms with van der Waals surface area (Å²) in [6.45, 7) is 2.27. The maximum atomic E-state index is 13.5. The number of fused-ring (bicyclic) bond motifs is 1. The van der Waals surface area contributed by atoms with Gasteiger partial charge in [0.25, 0.3) is 0 Å². The minimum atomic E-state index is -0.617. The van der Waals surface area contributed by atoms with Crippen molar-refractivity contribution in [1.29, 1.82) is 0 Å². The number of anilines is 1. The summed E-state index contributed by atoms with van der Waals surface area (Å²) < 4.78 is 27.9. The molecule has 2 aromatic heterocycles. The van der Waals surface area contributed by atoms with Gasteiger partial charge < -0.3 is 5.32 Å². The maximum Gasteiger partial charge on any atom is 0.155 e. The number of nitrogens with zero attached hydrogens (tertiary/aromatic N) is 3. The zero-order valence-electron chi connectivity index (χ0n) is 10.8. The highest BCUT2D eigenvalue weighted by Gasteiger charge is 2.04. The fourth-order valence-corrected chi connectivity index (χ4v) is 1.96. The van der Waals surface area contributed by atoms with E-state index in [1.807, 2.05) is 19.2 Å². The van der Waals surface area contributed by atoms with Gasteiger partial charge in [0.05, 0.1) is 11.4 Å². The smallest absolute Gasteiger partial charge is 0.155 e. The van der Waals surface area contributed by atoms with Crippen molar-refractivity contribution in [3.05, 3.63) is 59.6 Å². The van der Waals surface area contributed by atoms with Gasteiger partial charge in [0.15, 0.2) is 5.65 Å². The van der Waals surface area contributed by atoms with Crippen molar-refractivity contribution in [3.8, 4) is 0 Å². The zero-order valence-corrected chi connectivity index (χ0v) is 10.8. The third kappa shape index (κ3) is 2.45. The van der Waals surface area contributed by atoms with E-state index in [9.17, 15) is 8.78 Å². The average molecular weight is 274 g/mol. The summed E-state index contributed by atoms with van der Waals surface area (Å²) >= 11 is 0. The topological polar surface area (TPSA) is 42.2 Å². The highest BCUT2D eigenvalue weighted by Crippen LogP contribution is 2.16. The van der Waals surface area contributed by atoms with E-state index in [1.54, 1.807) is 10.7 Å². The highest BCUT2D eigenvalue weighted by molar-refractivity contribution is 5.45. The van der Waals surface area contributed by atoms with Crippen LogP contribution in [0.3, 0.4) is 0 Å². The van der Waals surface area contributed by atoms with Crippen LogP contribution in [0.1, 0.15) is 11.3 Å². The second-order valence-corrected chi connectivity index (χ2v) is 4.53. The Kier molecular flexibility index (Phi) is 3.06. The van der Waals surface area contributed by atoms with Gasteiger partial charge in [0.2, 0.25) is 0 Å². The lowest BCUT2D eigenvalue weighted by atomic mass is 10.2. The number of aromatic nitrogens is 3. The first-order chi connectivity index (χ1) is 9.61. The summed E-state index contributed by atoms with van der Waals surface area (Å²) in [7, 11) is 0. The van der Waals surface area contributed by atoms with E-state index in [-0.39, 0.29) is 5.69 Å². The fraction of sp³-hybridized carbons (Fsp3) is 0.143. The van der Waals surface area contributed by atoms with Crippen molar-refractivity contribution in [2.75, 3.05) is 5.32 Å². The molecule has 1 aromatic carbocycles. The second kappa shape index (κ2) is 4.88. The van der Waals surface area contributed by atoms with Crippen molar-refractivity contribution in [2.24, 2.45) is 0 Å². The molecule has 0 spiro atoms. The van der Waals surface area contributed by atoms with Gasteiger partial charge in [0, 0.05) is 36.6 Å². The van der Waals surface area contributed by atoms with Gasteiger partial charge >= 0.3 is 0 Å². The molecule has 0 unspecified atom stereocenters. The molecule has 3 aromatic rings. The lowest BCUT2D eigenvalue weighted by Crippen LogP contribution is -2.04. The third-order valence-corrected chi connectivity index (χ3v) is 2.90. The molecular weight excluding hydrogens is 262 g/mol. The van der Waals surface area contributed by atoms with Crippen LogP contribution in [-0.4, -0.2) is 14.6 Å². The Morgan fingerprint density at radius 3 is 2.90 bits per heavy atom. The van der Waals surface area contributed by atoms with Gasteiger partial charge in [0.1, 0.15) is 11.6 Å². The number of hydrogen-bond acceptors (Lipinski definition) is 3. The van der Waals surface area contributed by atoms with Crippen molar-refractivity contribution in [3.63, 3.8) is 0 Å². The van der Waals surface area contributed by atoms with Gasteiger partial charge in [-0.3, -0.25) is 0 Å². The van der Waals surface area contributed by atoms with E-state index in [0.717, 1.165) is 23.0 Å². The molecular formula is C14H12F2N4. The van der Waals surface area contributed by atoms with Crippen LogP contribution >= 0.6 is 0 Å². The molecule has 3 rings (SSSR count). The molecule has 6 heteroatoms. The predicted molar refractivity (Wildman–Crippen MR) is 71.4 cm³/mol. The maximum absolute atomic E-state index is 13.5. The number of aryl methyl sites for hydroxylation is 1. The first-order valence-corrected chi connectivity index (χ1v) is 6.12. The molecule has 0 aliphatic heterocycles. The van der Waals surface area contributed by atoms with E-state index < -0.39 is 11.6 Å². The number of halogens is 2. The molecule has 0 saturated heterocycles. The first-order valence-electron chi connectivity index (χ1n) is 6.12. The van der Waals surface area contributed by atoms with Crippen LogP contribution < -0.4 is 5.32 Å². The Bertz CT molecular complexity index is 767. The van der Waals surface area contributed by atoms with E-state index in [4.69, 9.17) is 0 Å². The summed E-state index contributed by atoms with van der Waals surface area (Å²) in [4.78, 5) is 4.26. The van der Waals surface area contributed by atoms with Gasteiger partial charge in [-0.05, 0) is 19.1 Å². The summed E-state index contributed by atoms with van der Waals surface area (Å²) in [5, 5.41) is 7.17. The Labute approximate surface area is 114 Å². The summed E-state index contributed by atoms with van der Waals surface area (Å²) in [6.07, 6.45) is 3.52. The number of rotatable bonds is 3. The Balaban J connectivity index is 1.79. The molecule has 1 N–H and O–H groups in total. The van der Waals surface area contributed by atoms with Gasteiger partial charge in [-0.2, -0.15) is 5.10 Å². The molecule has 0 fully saturated rings. The Hall–Kier alpha value is -2.50. The largest absolute Gasteiger partial charge is 0.378 e.